The van der Waals surface area contributed by atoms with Crippen molar-refractivity contribution in [3.05, 3.63) is 22.4 Å². The maximum Gasteiger partial charge on any atom is 0.153 e. The number of nitrogens with zero attached hydrogens (tertiary/aromatic N) is 1. The zero-order chi connectivity index (χ0) is 9.14. The van der Waals surface area contributed by atoms with Gasteiger partial charge in [0.2, 0.25) is 0 Å². The third-order valence-corrected chi connectivity index (χ3v) is 1.89. The molecule has 0 saturated carbocycles. The minimum atomic E-state index is 0.296. The maximum atomic E-state index is 5.89. The van der Waals surface area contributed by atoms with Crippen LogP contribution in [0.25, 0.3) is 0 Å². The van der Waals surface area contributed by atoms with Gasteiger partial charge in [-0.2, -0.15) is 0 Å². The molecule has 0 spiro atoms. The van der Waals surface area contributed by atoms with Crippen molar-refractivity contribution in [3.63, 3.8) is 0 Å². The van der Waals surface area contributed by atoms with E-state index in [0.29, 0.717) is 21.9 Å². The van der Waals surface area contributed by atoms with E-state index in [4.69, 9.17) is 23.2 Å². The van der Waals surface area contributed by atoms with Crippen molar-refractivity contribution < 1.29 is 0 Å². The first-order valence-electron chi connectivity index (χ1n) is 3.68. The molecule has 0 aliphatic heterocycles. The van der Waals surface area contributed by atoms with E-state index in [1.807, 2.05) is 13.8 Å². The van der Waals surface area contributed by atoms with Crippen molar-refractivity contribution in [3.8, 4) is 0 Å². The average Bonchev–Trinajstić information content (AvgIpc) is 1.97. The van der Waals surface area contributed by atoms with Crippen LogP contribution < -0.4 is 5.32 Å². The summed E-state index contributed by atoms with van der Waals surface area (Å²) in [6.45, 7) is 4.03. The van der Waals surface area contributed by atoms with Gasteiger partial charge in [0.05, 0.1) is 10.7 Å². The molecule has 0 aliphatic carbocycles. The van der Waals surface area contributed by atoms with E-state index in [2.05, 4.69) is 10.3 Å². The van der Waals surface area contributed by atoms with Crippen molar-refractivity contribution in [2.75, 3.05) is 5.32 Å². The van der Waals surface area contributed by atoms with Crippen LogP contribution in [0.3, 0.4) is 0 Å². The Labute approximate surface area is 81.9 Å². The fraction of sp³-hybridized carbons (Fsp3) is 0.375. The summed E-state index contributed by atoms with van der Waals surface area (Å²) in [5, 5.41) is 4.13. The van der Waals surface area contributed by atoms with Crippen LogP contribution in [0.15, 0.2) is 12.3 Å². The summed E-state index contributed by atoms with van der Waals surface area (Å²) < 4.78 is 0. The zero-order valence-electron chi connectivity index (χ0n) is 6.94. The van der Waals surface area contributed by atoms with Crippen LogP contribution in [0, 0.1) is 0 Å². The predicted octanol–water partition coefficient (Wildman–Crippen LogP) is 3.21. The Morgan fingerprint density at radius 1 is 1.42 bits per heavy atom. The molecular weight excluding hydrogens is 195 g/mol. The van der Waals surface area contributed by atoms with Crippen LogP contribution in [-0.2, 0) is 0 Å². The van der Waals surface area contributed by atoms with Gasteiger partial charge in [-0.15, -0.1) is 0 Å². The smallest absolute Gasteiger partial charge is 0.153 e. The van der Waals surface area contributed by atoms with Gasteiger partial charge in [0.1, 0.15) is 0 Å². The molecule has 1 heterocycles. The van der Waals surface area contributed by atoms with Crippen LogP contribution in [0.5, 0.6) is 0 Å². The maximum absolute atomic E-state index is 5.89. The van der Waals surface area contributed by atoms with E-state index in [9.17, 15) is 0 Å². The molecule has 0 fully saturated rings. The van der Waals surface area contributed by atoms with Gasteiger partial charge in [0, 0.05) is 12.2 Å². The van der Waals surface area contributed by atoms with Gasteiger partial charge in [-0.25, -0.2) is 4.98 Å². The van der Waals surface area contributed by atoms with Gasteiger partial charge < -0.3 is 5.32 Å². The first kappa shape index (κ1) is 9.62. The molecule has 0 amide bonds. The second kappa shape index (κ2) is 3.97. The Kier molecular flexibility index (Phi) is 3.18. The normalized spacial score (nSPS) is 10.4. The molecule has 12 heavy (non-hydrogen) atoms. The number of nitrogens with one attached hydrogen (secondary N) is 1. The van der Waals surface area contributed by atoms with Gasteiger partial charge in [-0.1, -0.05) is 23.2 Å². The van der Waals surface area contributed by atoms with Gasteiger partial charge in [0.25, 0.3) is 0 Å². The first-order valence-corrected chi connectivity index (χ1v) is 4.43. The summed E-state index contributed by atoms with van der Waals surface area (Å²) >= 11 is 11.7. The molecule has 1 N–H and O–H groups in total. The minimum absolute atomic E-state index is 0.296. The monoisotopic (exact) mass is 204 g/mol. The quantitative estimate of drug-likeness (QED) is 0.749. The molecule has 2 nitrogen and oxygen atoms in total. The van der Waals surface area contributed by atoms with E-state index in [0.717, 1.165) is 0 Å². The van der Waals surface area contributed by atoms with E-state index >= 15 is 0 Å². The standard InChI is InChI=1S/C8H10Cl2N2/c1-5(2)12-7-6(9)3-4-11-8(7)10/h3-5,12H,1-2H3. The summed E-state index contributed by atoms with van der Waals surface area (Å²) in [4.78, 5) is 3.91. The molecule has 0 aromatic carbocycles. The zero-order valence-corrected chi connectivity index (χ0v) is 8.45. The van der Waals surface area contributed by atoms with Crippen LogP contribution in [-0.4, -0.2) is 11.0 Å². The Morgan fingerprint density at radius 3 is 2.58 bits per heavy atom. The molecule has 0 unspecified atom stereocenters. The Bertz CT molecular complexity index is 254. The van der Waals surface area contributed by atoms with E-state index in [1.165, 1.54) is 0 Å². The first-order chi connectivity index (χ1) is 5.61. The Morgan fingerprint density at radius 2 is 2.08 bits per heavy atom. The number of pyridine rings is 1. The van der Waals surface area contributed by atoms with Crippen molar-refractivity contribution in [1.29, 1.82) is 0 Å². The molecule has 0 saturated heterocycles. The molecule has 0 radical (unpaired) electrons. The average molecular weight is 205 g/mol. The van der Waals surface area contributed by atoms with Crippen LogP contribution in [0.2, 0.25) is 10.2 Å². The van der Waals surface area contributed by atoms with E-state index in [-0.39, 0.29) is 0 Å². The number of anilines is 1. The molecular formula is C8H10Cl2N2. The topological polar surface area (TPSA) is 24.9 Å². The predicted molar refractivity (Wildman–Crippen MR) is 53.0 cm³/mol. The number of hydrogen-bond acceptors (Lipinski definition) is 2. The van der Waals surface area contributed by atoms with E-state index < -0.39 is 0 Å². The molecule has 0 atom stereocenters. The van der Waals surface area contributed by atoms with Crippen molar-refractivity contribution in [2.45, 2.75) is 19.9 Å². The lowest BCUT2D eigenvalue weighted by Gasteiger charge is -2.11. The van der Waals surface area contributed by atoms with Gasteiger partial charge in [-0.05, 0) is 19.9 Å². The summed E-state index contributed by atoms with van der Waals surface area (Å²) in [7, 11) is 0. The number of aromatic nitrogens is 1. The van der Waals surface area contributed by atoms with Gasteiger partial charge in [0.15, 0.2) is 5.15 Å². The molecule has 0 aliphatic rings. The lowest BCUT2D eigenvalue weighted by Crippen LogP contribution is -2.10. The highest BCUT2D eigenvalue weighted by Gasteiger charge is 2.06. The largest absolute Gasteiger partial charge is 0.379 e. The fourth-order valence-electron chi connectivity index (χ4n) is 0.832. The molecule has 1 rings (SSSR count). The van der Waals surface area contributed by atoms with Gasteiger partial charge in [-0.3, -0.25) is 0 Å². The summed E-state index contributed by atoms with van der Waals surface area (Å²) in [5.41, 5.74) is 0.704. The highest BCUT2D eigenvalue weighted by molar-refractivity contribution is 6.38. The molecule has 66 valence electrons. The SMILES string of the molecule is CC(C)Nc1c(Cl)ccnc1Cl. The van der Waals surface area contributed by atoms with Crippen LogP contribution in [0.1, 0.15) is 13.8 Å². The number of hydrogen-bond donors (Lipinski definition) is 1. The molecule has 0 bridgehead atoms. The molecule has 4 heteroatoms. The van der Waals surface area contributed by atoms with E-state index in [1.54, 1.807) is 12.3 Å². The van der Waals surface area contributed by atoms with Crippen molar-refractivity contribution in [2.24, 2.45) is 0 Å². The Balaban J connectivity index is 2.96. The van der Waals surface area contributed by atoms with Gasteiger partial charge >= 0.3 is 0 Å². The second-order valence-corrected chi connectivity index (χ2v) is 3.52. The lowest BCUT2D eigenvalue weighted by atomic mass is 10.3. The Hall–Kier alpha value is -0.470. The van der Waals surface area contributed by atoms with Crippen LogP contribution in [0.4, 0.5) is 5.69 Å². The number of halogens is 2. The fourth-order valence-corrected chi connectivity index (χ4v) is 1.29. The van der Waals surface area contributed by atoms with Crippen molar-refractivity contribution >= 4 is 28.9 Å². The lowest BCUT2D eigenvalue weighted by molar-refractivity contribution is 0.898. The van der Waals surface area contributed by atoms with Crippen LogP contribution >= 0.6 is 23.2 Å². The third-order valence-electron chi connectivity index (χ3n) is 1.29. The summed E-state index contributed by atoms with van der Waals surface area (Å²) in [5.74, 6) is 0. The minimum Gasteiger partial charge on any atom is -0.379 e. The summed E-state index contributed by atoms with van der Waals surface area (Å²) in [6.07, 6.45) is 1.58. The molecule has 1 aromatic rings. The second-order valence-electron chi connectivity index (χ2n) is 2.76. The highest BCUT2D eigenvalue weighted by Crippen LogP contribution is 2.27. The third kappa shape index (κ3) is 2.26. The summed E-state index contributed by atoms with van der Waals surface area (Å²) in [6, 6.07) is 2.00. The number of rotatable bonds is 2. The highest BCUT2D eigenvalue weighted by atomic mass is 35.5. The van der Waals surface area contributed by atoms with Crippen molar-refractivity contribution in [1.82, 2.24) is 4.98 Å². The molecule has 1 aromatic heterocycles.